The molecule has 0 radical (unpaired) electrons. The molecule has 4 nitrogen and oxygen atoms in total. The number of hydrogen-bond acceptors (Lipinski definition) is 4. The Balaban J connectivity index is 2.36. The maximum atomic E-state index is 9.90. The van der Waals surface area contributed by atoms with Crippen molar-refractivity contribution in [3.8, 4) is 0 Å². The van der Waals surface area contributed by atoms with E-state index in [4.69, 9.17) is 10.2 Å². The van der Waals surface area contributed by atoms with Gasteiger partial charge >= 0.3 is 0 Å². The molecule has 0 bridgehead atoms. The molecule has 0 aromatic heterocycles. The van der Waals surface area contributed by atoms with Crippen molar-refractivity contribution in [2.24, 2.45) is 0 Å². The van der Waals surface area contributed by atoms with Crippen LogP contribution in [0.3, 0.4) is 0 Å². The standard InChI is InChI=1S/C7H12O4/c8-4-11-7-2-5(9)1-6(10)3-7/h4-7,9-10H,1-3H2/t5-,6+,7?. The van der Waals surface area contributed by atoms with Gasteiger partial charge in [-0.1, -0.05) is 0 Å². The molecule has 1 fully saturated rings. The van der Waals surface area contributed by atoms with Crippen molar-refractivity contribution in [3.63, 3.8) is 0 Å². The van der Waals surface area contributed by atoms with Crippen molar-refractivity contribution in [2.75, 3.05) is 0 Å². The van der Waals surface area contributed by atoms with Gasteiger partial charge in [0.15, 0.2) is 0 Å². The highest BCUT2D eigenvalue weighted by atomic mass is 16.5. The topological polar surface area (TPSA) is 66.8 Å². The van der Waals surface area contributed by atoms with Gasteiger partial charge in [0.1, 0.15) is 6.10 Å². The van der Waals surface area contributed by atoms with E-state index in [0.29, 0.717) is 25.7 Å². The van der Waals surface area contributed by atoms with Crippen LogP contribution in [0.25, 0.3) is 0 Å². The Labute approximate surface area is 64.8 Å². The summed E-state index contributed by atoms with van der Waals surface area (Å²) in [5.41, 5.74) is 0. The van der Waals surface area contributed by atoms with E-state index in [0.717, 1.165) is 0 Å². The second-order valence-electron chi connectivity index (χ2n) is 2.87. The van der Waals surface area contributed by atoms with E-state index in [1.165, 1.54) is 0 Å². The summed E-state index contributed by atoms with van der Waals surface area (Å²) in [5, 5.41) is 18.2. The van der Waals surface area contributed by atoms with E-state index in [-0.39, 0.29) is 6.10 Å². The van der Waals surface area contributed by atoms with Crippen LogP contribution in [-0.4, -0.2) is 35.0 Å². The van der Waals surface area contributed by atoms with Crippen LogP contribution in [0.4, 0.5) is 0 Å². The number of carbonyl (C=O) groups is 1. The van der Waals surface area contributed by atoms with Crippen LogP contribution in [0, 0.1) is 0 Å². The SMILES string of the molecule is O=COC1C[C@@H](O)C[C@@H](O)C1. The van der Waals surface area contributed by atoms with Crippen molar-refractivity contribution >= 4 is 6.47 Å². The quantitative estimate of drug-likeness (QED) is 0.531. The van der Waals surface area contributed by atoms with E-state index in [9.17, 15) is 4.79 Å². The molecule has 0 amide bonds. The third kappa shape index (κ3) is 2.48. The minimum Gasteiger partial charge on any atom is -0.464 e. The Morgan fingerprint density at radius 2 is 1.73 bits per heavy atom. The zero-order valence-electron chi connectivity index (χ0n) is 6.14. The Kier molecular flexibility index (Phi) is 2.84. The summed E-state index contributed by atoms with van der Waals surface area (Å²) in [6.45, 7) is 0.357. The fraction of sp³-hybridized carbons (Fsp3) is 0.857. The van der Waals surface area contributed by atoms with Crippen LogP contribution in [0.1, 0.15) is 19.3 Å². The minimum absolute atomic E-state index is 0.314. The van der Waals surface area contributed by atoms with Crippen LogP contribution in [0.5, 0.6) is 0 Å². The third-order valence-corrected chi connectivity index (χ3v) is 1.86. The molecule has 0 aromatic rings. The fourth-order valence-corrected chi connectivity index (χ4v) is 1.40. The zero-order valence-corrected chi connectivity index (χ0v) is 6.14. The first-order valence-corrected chi connectivity index (χ1v) is 3.67. The predicted octanol–water partition coefficient (Wildman–Crippen LogP) is -0.566. The Hall–Kier alpha value is -0.610. The van der Waals surface area contributed by atoms with Gasteiger partial charge in [0.2, 0.25) is 0 Å². The molecular weight excluding hydrogens is 148 g/mol. The summed E-state index contributed by atoms with van der Waals surface area (Å²) in [4.78, 5) is 9.90. The molecule has 2 N–H and O–H groups in total. The summed E-state index contributed by atoms with van der Waals surface area (Å²) in [7, 11) is 0. The molecule has 0 aromatic carbocycles. The van der Waals surface area contributed by atoms with Crippen molar-refractivity contribution in [1.29, 1.82) is 0 Å². The average molecular weight is 160 g/mol. The number of rotatable bonds is 2. The second kappa shape index (κ2) is 3.69. The summed E-state index contributed by atoms with van der Waals surface area (Å²) in [6, 6.07) is 0. The van der Waals surface area contributed by atoms with Crippen LogP contribution in [-0.2, 0) is 9.53 Å². The summed E-state index contributed by atoms with van der Waals surface area (Å²) in [5.74, 6) is 0. The molecule has 1 unspecified atom stereocenters. The Bertz CT molecular complexity index is 126. The first-order chi connectivity index (χ1) is 5.22. The van der Waals surface area contributed by atoms with E-state index >= 15 is 0 Å². The molecule has 4 heteroatoms. The minimum atomic E-state index is -0.538. The lowest BCUT2D eigenvalue weighted by Gasteiger charge is -2.27. The Morgan fingerprint density at radius 3 is 2.18 bits per heavy atom. The van der Waals surface area contributed by atoms with Gasteiger partial charge in [0.05, 0.1) is 12.2 Å². The first-order valence-electron chi connectivity index (χ1n) is 3.67. The highest BCUT2D eigenvalue weighted by molar-refractivity contribution is 5.37. The van der Waals surface area contributed by atoms with Crippen LogP contribution in [0.15, 0.2) is 0 Å². The molecule has 1 aliphatic carbocycles. The number of ether oxygens (including phenoxy) is 1. The van der Waals surface area contributed by atoms with E-state index in [1.807, 2.05) is 0 Å². The fourth-order valence-electron chi connectivity index (χ4n) is 1.40. The molecule has 64 valence electrons. The van der Waals surface area contributed by atoms with Gasteiger partial charge in [0, 0.05) is 12.8 Å². The average Bonchev–Trinajstić information content (AvgIpc) is 1.85. The molecule has 3 atom stereocenters. The van der Waals surface area contributed by atoms with Crippen molar-refractivity contribution < 1.29 is 19.7 Å². The van der Waals surface area contributed by atoms with Gasteiger partial charge < -0.3 is 14.9 Å². The molecule has 0 saturated heterocycles. The van der Waals surface area contributed by atoms with Gasteiger partial charge in [-0.25, -0.2) is 0 Å². The molecule has 1 saturated carbocycles. The lowest BCUT2D eigenvalue weighted by Crippen LogP contribution is -2.34. The molecule has 0 heterocycles. The largest absolute Gasteiger partial charge is 0.464 e. The van der Waals surface area contributed by atoms with Gasteiger partial charge in [-0.3, -0.25) is 4.79 Å². The molecular formula is C7H12O4. The van der Waals surface area contributed by atoms with Crippen LogP contribution < -0.4 is 0 Å². The van der Waals surface area contributed by atoms with Gasteiger partial charge in [-0.2, -0.15) is 0 Å². The lowest BCUT2D eigenvalue weighted by atomic mass is 9.93. The number of hydrogen-bond donors (Lipinski definition) is 2. The van der Waals surface area contributed by atoms with Crippen molar-refractivity contribution in [3.05, 3.63) is 0 Å². The lowest BCUT2D eigenvalue weighted by molar-refractivity contribution is -0.139. The number of aliphatic hydroxyl groups is 2. The molecule has 1 rings (SSSR count). The normalized spacial score (nSPS) is 38.2. The van der Waals surface area contributed by atoms with E-state index in [1.54, 1.807) is 0 Å². The number of aliphatic hydroxyl groups excluding tert-OH is 2. The van der Waals surface area contributed by atoms with E-state index in [2.05, 4.69) is 4.74 Å². The molecule has 11 heavy (non-hydrogen) atoms. The third-order valence-electron chi connectivity index (χ3n) is 1.86. The maximum absolute atomic E-state index is 9.90. The highest BCUT2D eigenvalue weighted by Crippen LogP contribution is 2.20. The van der Waals surface area contributed by atoms with E-state index < -0.39 is 12.2 Å². The molecule has 1 aliphatic rings. The smallest absolute Gasteiger partial charge is 0.293 e. The molecule has 0 aliphatic heterocycles. The zero-order chi connectivity index (χ0) is 8.27. The Morgan fingerprint density at radius 1 is 1.18 bits per heavy atom. The van der Waals surface area contributed by atoms with Crippen LogP contribution in [0.2, 0.25) is 0 Å². The van der Waals surface area contributed by atoms with Gasteiger partial charge in [0.25, 0.3) is 6.47 Å². The van der Waals surface area contributed by atoms with Crippen molar-refractivity contribution in [2.45, 2.75) is 37.6 Å². The predicted molar refractivity (Wildman–Crippen MR) is 36.8 cm³/mol. The highest BCUT2D eigenvalue weighted by Gasteiger charge is 2.27. The van der Waals surface area contributed by atoms with Crippen LogP contribution >= 0.6 is 0 Å². The second-order valence-corrected chi connectivity index (χ2v) is 2.87. The first kappa shape index (κ1) is 8.49. The van der Waals surface area contributed by atoms with Gasteiger partial charge in [-0.05, 0) is 6.42 Å². The maximum Gasteiger partial charge on any atom is 0.293 e. The number of carbonyl (C=O) groups excluding carboxylic acids is 1. The summed E-state index contributed by atoms with van der Waals surface area (Å²) in [6.07, 6.45) is -0.122. The summed E-state index contributed by atoms with van der Waals surface area (Å²) >= 11 is 0. The van der Waals surface area contributed by atoms with Gasteiger partial charge in [-0.15, -0.1) is 0 Å². The molecule has 0 spiro atoms. The monoisotopic (exact) mass is 160 g/mol. The summed E-state index contributed by atoms with van der Waals surface area (Å²) < 4.78 is 4.62. The van der Waals surface area contributed by atoms with Crippen molar-refractivity contribution in [1.82, 2.24) is 0 Å².